The fraction of sp³-hybridized carbons (Fsp3) is 0.333. The topological polar surface area (TPSA) is 98.9 Å². The molecule has 0 amide bonds. The van der Waals surface area contributed by atoms with Crippen LogP contribution in [0, 0.1) is 17.0 Å². The van der Waals surface area contributed by atoms with Crippen molar-refractivity contribution >= 4 is 13.5 Å². The maximum Gasteiger partial charge on any atom is 0.527 e. The van der Waals surface area contributed by atoms with Gasteiger partial charge in [-0.2, -0.15) is 13.2 Å². The summed E-state index contributed by atoms with van der Waals surface area (Å²) in [5.41, 5.74) is -2.67. The summed E-state index contributed by atoms with van der Waals surface area (Å²) in [7, 11) is -3.82. The molecule has 0 aliphatic carbocycles. The highest BCUT2D eigenvalue weighted by molar-refractivity contribution is 7.47. The van der Waals surface area contributed by atoms with Crippen LogP contribution in [0.5, 0.6) is 5.75 Å². The summed E-state index contributed by atoms with van der Waals surface area (Å²) in [6.45, 7) is 1.08. The number of hydrogen-bond donors (Lipinski definition) is 1. The molecule has 0 aliphatic heterocycles. The predicted molar refractivity (Wildman–Crippen MR) is 60.3 cm³/mol. The maximum absolute atomic E-state index is 12.6. The number of nitrogens with zero attached hydrogens (tertiary/aromatic N) is 1. The molecule has 0 fully saturated rings. The first-order valence-electron chi connectivity index (χ1n) is 4.92. The van der Waals surface area contributed by atoms with E-state index in [4.69, 9.17) is 4.89 Å². The lowest BCUT2D eigenvalue weighted by atomic mass is 10.1. The predicted octanol–water partition coefficient (Wildman–Crippen LogP) is 3.05. The zero-order valence-corrected chi connectivity index (χ0v) is 11.1. The zero-order valence-electron chi connectivity index (χ0n) is 10.2. The summed E-state index contributed by atoms with van der Waals surface area (Å²) >= 11 is 0. The molecule has 0 saturated carbocycles. The Morgan fingerprint density at radius 1 is 1.40 bits per heavy atom. The van der Waals surface area contributed by atoms with E-state index in [-0.39, 0.29) is 11.6 Å². The van der Waals surface area contributed by atoms with E-state index in [9.17, 15) is 27.9 Å². The van der Waals surface area contributed by atoms with Gasteiger partial charge < -0.3 is 4.52 Å². The second kappa shape index (κ2) is 5.39. The number of phosphoric ester groups is 1. The summed E-state index contributed by atoms with van der Waals surface area (Å²) in [5, 5.41) is 10.8. The highest BCUT2D eigenvalue weighted by atomic mass is 31.2. The SMILES string of the molecule is COP(=O)(O)Oc1c(C)cc(C(F)(F)F)cc1[N+](=O)[O-]. The van der Waals surface area contributed by atoms with Gasteiger partial charge in [0.1, 0.15) is 0 Å². The second-order valence-electron chi connectivity index (χ2n) is 3.64. The lowest BCUT2D eigenvalue weighted by Gasteiger charge is -2.14. The van der Waals surface area contributed by atoms with Crippen LogP contribution >= 0.6 is 7.82 Å². The Hall–Kier alpha value is -1.64. The van der Waals surface area contributed by atoms with E-state index in [2.05, 4.69) is 9.05 Å². The summed E-state index contributed by atoms with van der Waals surface area (Å²) in [4.78, 5) is 18.7. The van der Waals surface area contributed by atoms with Crippen molar-refractivity contribution < 1.29 is 36.6 Å². The molecule has 7 nitrogen and oxygen atoms in total. The standard InChI is InChI=1S/C9H9F3NO6P/c1-5-3-6(9(10,11)12)4-7(13(14)15)8(5)19-20(16,17)18-2/h3-4H,1-2H3,(H,16,17). The first-order chi connectivity index (χ1) is 8.98. The minimum atomic E-state index is -4.79. The highest BCUT2D eigenvalue weighted by Crippen LogP contribution is 2.48. The molecule has 1 aromatic carbocycles. The van der Waals surface area contributed by atoms with E-state index in [0.717, 1.165) is 14.0 Å². The van der Waals surface area contributed by atoms with Crippen molar-refractivity contribution in [2.24, 2.45) is 0 Å². The Bertz CT molecular complexity index is 588. The number of benzene rings is 1. The Morgan fingerprint density at radius 2 is 1.95 bits per heavy atom. The van der Waals surface area contributed by atoms with Crippen LogP contribution in [-0.2, 0) is 15.3 Å². The number of hydrogen-bond acceptors (Lipinski definition) is 5. The molecule has 1 aromatic rings. The monoisotopic (exact) mass is 315 g/mol. The number of halogens is 3. The zero-order chi connectivity index (χ0) is 15.7. The number of nitro groups is 1. The van der Waals surface area contributed by atoms with E-state index >= 15 is 0 Å². The molecule has 0 bridgehead atoms. The minimum absolute atomic E-state index is 0.220. The Morgan fingerprint density at radius 3 is 2.35 bits per heavy atom. The van der Waals surface area contributed by atoms with Crippen LogP contribution in [0.1, 0.15) is 11.1 Å². The Labute approximate surface area is 110 Å². The average molecular weight is 315 g/mol. The second-order valence-corrected chi connectivity index (χ2v) is 5.12. The fourth-order valence-corrected chi connectivity index (χ4v) is 1.87. The minimum Gasteiger partial charge on any atom is -0.396 e. The van der Waals surface area contributed by atoms with E-state index in [0.29, 0.717) is 6.07 Å². The number of aryl methyl sites for hydroxylation is 1. The molecule has 0 saturated heterocycles. The van der Waals surface area contributed by atoms with Gasteiger partial charge in [-0.1, -0.05) is 0 Å². The van der Waals surface area contributed by atoms with Gasteiger partial charge in [-0.3, -0.25) is 19.5 Å². The van der Waals surface area contributed by atoms with Crippen LogP contribution in [0.25, 0.3) is 0 Å². The summed E-state index contributed by atoms with van der Waals surface area (Å²) in [5.74, 6) is -0.754. The van der Waals surface area contributed by atoms with Gasteiger partial charge in [0.05, 0.1) is 10.5 Å². The third-order valence-electron chi connectivity index (χ3n) is 2.22. The van der Waals surface area contributed by atoms with Gasteiger partial charge in [-0.15, -0.1) is 0 Å². The van der Waals surface area contributed by atoms with Crippen LogP contribution in [0.2, 0.25) is 0 Å². The average Bonchev–Trinajstić information content (AvgIpc) is 2.29. The third-order valence-corrected chi connectivity index (χ3v) is 3.09. The normalized spacial score (nSPS) is 14.7. The van der Waals surface area contributed by atoms with E-state index in [1.165, 1.54) is 0 Å². The first kappa shape index (κ1) is 16.4. The van der Waals surface area contributed by atoms with Gasteiger partial charge in [0.25, 0.3) is 0 Å². The molecule has 0 heterocycles. The number of phosphoric acid groups is 1. The largest absolute Gasteiger partial charge is 0.527 e. The van der Waals surface area contributed by atoms with Gasteiger partial charge in [0.2, 0.25) is 5.75 Å². The molecule has 0 aliphatic rings. The number of alkyl halides is 3. The maximum atomic E-state index is 12.6. The molecule has 0 aromatic heterocycles. The molecule has 112 valence electrons. The first-order valence-corrected chi connectivity index (χ1v) is 6.42. The van der Waals surface area contributed by atoms with Crippen molar-refractivity contribution in [1.82, 2.24) is 0 Å². The van der Waals surface area contributed by atoms with Crippen molar-refractivity contribution in [3.63, 3.8) is 0 Å². The number of nitro benzene ring substituents is 1. The van der Waals surface area contributed by atoms with E-state index < -0.39 is 35.9 Å². The van der Waals surface area contributed by atoms with Crippen molar-refractivity contribution in [2.75, 3.05) is 7.11 Å². The lowest BCUT2D eigenvalue weighted by molar-refractivity contribution is -0.385. The lowest BCUT2D eigenvalue weighted by Crippen LogP contribution is -2.08. The molecule has 1 unspecified atom stereocenters. The van der Waals surface area contributed by atoms with E-state index in [1.807, 2.05) is 0 Å². The van der Waals surface area contributed by atoms with Gasteiger partial charge in [-0.25, -0.2) is 4.57 Å². The quantitative estimate of drug-likeness (QED) is 0.521. The van der Waals surface area contributed by atoms with Crippen LogP contribution in [0.15, 0.2) is 12.1 Å². The Balaban J connectivity index is 3.46. The molecular weight excluding hydrogens is 306 g/mol. The van der Waals surface area contributed by atoms with Crippen molar-refractivity contribution in [1.29, 1.82) is 0 Å². The molecular formula is C9H9F3NO6P. The van der Waals surface area contributed by atoms with Gasteiger partial charge >= 0.3 is 19.7 Å². The van der Waals surface area contributed by atoms with Crippen LogP contribution in [0.3, 0.4) is 0 Å². The summed E-state index contributed by atoms with van der Waals surface area (Å²) in [6.07, 6.45) is -4.79. The van der Waals surface area contributed by atoms with Crippen molar-refractivity contribution in [3.8, 4) is 5.75 Å². The molecule has 1 rings (SSSR count). The van der Waals surface area contributed by atoms with Crippen LogP contribution in [-0.4, -0.2) is 16.9 Å². The van der Waals surface area contributed by atoms with Gasteiger partial charge in [-0.05, 0) is 18.6 Å². The van der Waals surface area contributed by atoms with Crippen molar-refractivity contribution in [3.05, 3.63) is 33.4 Å². The Kier molecular flexibility index (Phi) is 4.42. The smallest absolute Gasteiger partial charge is 0.396 e. The molecule has 20 heavy (non-hydrogen) atoms. The van der Waals surface area contributed by atoms with Gasteiger partial charge in [0.15, 0.2) is 0 Å². The molecule has 11 heteroatoms. The summed E-state index contributed by atoms with van der Waals surface area (Å²) < 4.78 is 57.4. The fourth-order valence-electron chi connectivity index (χ4n) is 1.33. The van der Waals surface area contributed by atoms with Gasteiger partial charge in [0, 0.05) is 13.2 Å². The van der Waals surface area contributed by atoms with Crippen LogP contribution < -0.4 is 4.52 Å². The van der Waals surface area contributed by atoms with Crippen molar-refractivity contribution in [2.45, 2.75) is 13.1 Å². The summed E-state index contributed by atoms with van der Waals surface area (Å²) in [6, 6.07) is 0.788. The molecule has 0 spiro atoms. The third kappa shape index (κ3) is 3.69. The number of rotatable bonds is 4. The highest BCUT2D eigenvalue weighted by Gasteiger charge is 2.36. The molecule has 1 atom stereocenters. The molecule has 1 N–H and O–H groups in total. The van der Waals surface area contributed by atoms with Crippen LogP contribution in [0.4, 0.5) is 18.9 Å². The molecule has 0 radical (unpaired) electrons. The van der Waals surface area contributed by atoms with E-state index in [1.54, 1.807) is 0 Å².